The van der Waals surface area contributed by atoms with E-state index in [1.807, 2.05) is 45.0 Å². The zero-order chi connectivity index (χ0) is 33.7. The number of piperazine rings is 1. The van der Waals surface area contributed by atoms with Crippen molar-refractivity contribution in [2.45, 2.75) is 71.2 Å². The van der Waals surface area contributed by atoms with Crippen molar-refractivity contribution in [1.82, 2.24) is 24.2 Å². The minimum Gasteiger partial charge on any atom is -0.354 e. The van der Waals surface area contributed by atoms with Gasteiger partial charge in [-0.25, -0.2) is 17.4 Å². The number of benzene rings is 1. The lowest BCUT2D eigenvalue weighted by Crippen LogP contribution is -2.49. The molecule has 2 fully saturated rings. The van der Waals surface area contributed by atoms with E-state index in [1.165, 1.54) is 3.97 Å². The highest BCUT2D eigenvalue weighted by molar-refractivity contribution is 7.91. The number of fused-ring (bicyclic) bond motifs is 1. The fourth-order valence-electron chi connectivity index (χ4n) is 6.82. The van der Waals surface area contributed by atoms with Crippen LogP contribution >= 0.6 is 0 Å². The van der Waals surface area contributed by atoms with Crippen LogP contribution in [0.25, 0.3) is 22.0 Å². The van der Waals surface area contributed by atoms with Crippen LogP contribution in [0.5, 0.6) is 0 Å². The van der Waals surface area contributed by atoms with Gasteiger partial charge in [-0.15, -0.1) is 6.58 Å². The molecule has 2 N–H and O–H groups in total. The monoisotopic (exact) mass is 656 g/mol. The van der Waals surface area contributed by atoms with Gasteiger partial charge in [0, 0.05) is 78.9 Å². The summed E-state index contributed by atoms with van der Waals surface area (Å²) in [5.41, 5.74) is 4.67. The van der Waals surface area contributed by atoms with Crippen molar-refractivity contribution in [3.05, 3.63) is 93.7 Å². The molecule has 0 spiro atoms. The van der Waals surface area contributed by atoms with Crippen molar-refractivity contribution in [3.63, 3.8) is 0 Å². The first-order chi connectivity index (χ1) is 22.3. The zero-order valence-electron chi connectivity index (χ0n) is 27.9. The van der Waals surface area contributed by atoms with E-state index in [4.69, 9.17) is 4.98 Å². The Morgan fingerprint density at radius 3 is 2.38 bits per heavy atom. The Balaban J connectivity index is 1.40. The van der Waals surface area contributed by atoms with Crippen LogP contribution in [0.1, 0.15) is 65.9 Å². The van der Waals surface area contributed by atoms with Crippen LogP contribution in [0.15, 0.2) is 60.2 Å². The van der Waals surface area contributed by atoms with Gasteiger partial charge in [-0.05, 0) is 101 Å². The number of H-pyrrole nitrogens is 1. The van der Waals surface area contributed by atoms with Gasteiger partial charge in [0.15, 0.2) is 0 Å². The third-order valence-electron chi connectivity index (χ3n) is 9.80. The number of aromatic nitrogens is 3. The van der Waals surface area contributed by atoms with E-state index in [-0.39, 0.29) is 12.1 Å². The second-order valence-corrected chi connectivity index (χ2v) is 15.6. The number of hydrogen-bond donors (Lipinski definition) is 2. The van der Waals surface area contributed by atoms with Gasteiger partial charge in [0.25, 0.3) is 11.5 Å². The van der Waals surface area contributed by atoms with Gasteiger partial charge in [0.2, 0.25) is 10.0 Å². The molecule has 248 valence electrons. The third-order valence-corrected chi connectivity index (χ3v) is 12.3. The number of pyridine rings is 2. The molecule has 1 aliphatic heterocycles. The number of hydrogen-bond acceptors (Lipinski definition) is 7. The lowest BCUT2D eigenvalue weighted by atomic mass is 9.99. The van der Waals surface area contributed by atoms with E-state index < -0.39 is 20.7 Å². The number of rotatable bonds is 10. The maximum atomic E-state index is 14.1. The Kier molecular flexibility index (Phi) is 8.65. The van der Waals surface area contributed by atoms with Gasteiger partial charge in [-0.1, -0.05) is 6.08 Å². The van der Waals surface area contributed by atoms with Crippen LogP contribution in [0.3, 0.4) is 0 Å². The number of aromatic amines is 1. The van der Waals surface area contributed by atoms with E-state index in [9.17, 15) is 18.0 Å². The molecule has 0 atom stereocenters. The predicted octanol–water partition coefficient (Wildman–Crippen LogP) is 5.06. The fraction of sp³-hybridized carbons (Fsp3) is 0.417. The summed E-state index contributed by atoms with van der Waals surface area (Å²) < 4.78 is 28.7. The molecule has 11 heteroatoms. The molecule has 47 heavy (non-hydrogen) atoms. The second kappa shape index (κ2) is 12.4. The third kappa shape index (κ3) is 6.02. The van der Waals surface area contributed by atoms with Crippen molar-refractivity contribution in [1.29, 1.82) is 0 Å². The minimum absolute atomic E-state index is 0.0346. The molecule has 0 unspecified atom stereocenters. The summed E-state index contributed by atoms with van der Waals surface area (Å²) in [6.45, 7) is 17.5. The lowest BCUT2D eigenvalue weighted by Gasteiger charge is -2.37. The molecule has 1 aliphatic carbocycles. The molecule has 10 nitrogen and oxygen atoms in total. The van der Waals surface area contributed by atoms with Gasteiger partial charge < -0.3 is 15.2 Å². The molecular formula is C36H44N6O4S. The van der Waals surface area contributed by atoms with E-state index in [1.54, 1.807) is 24.5 Å². The predicted molar refractivity (Wildman–Crippen MR) is 188 cm³/mol. The van der Waals surface area contributed by atoms with Crippen LogP contribution in [-0.2, 0) is 16.6 Å². The Morgan fingerprint density at radius 2 is 1.79 bits per heavy atom. The lowest BCUT2D eigenvalue weighted by molar-refractivity contribution is 0.0952. The van der Waals surface area contributed by atoms with E-state index in [0.717, 1.165) is 48.8 Å². The van der Waals surface area contributed by atoms with Gasteiger partial charge in [-0.3, -0.25) is 14.5 Å². The van der Waals surface area contributed by atoms with Crippen LogP contribution in [0.2, 0.25) is 0 Å². The van der Waals surface area contributed by atoms with Crippen molar-refractivity contribution >= 4 is 32.7 Å². The summed E-state index contributed by atoms with van der Waals surface area (Å²) in [6, 6.07) is 9.98. The van der Waals surface area contributed by atoms with Crippen molar-refractivity contribution in [2.24, 2.45) is 0 Å². The smallest absolute Gasteiger partial charge is 0.253 e. The maximum Gasteiger partial charge on any atom is 0.253 e. The first-order valence-corrected chi connectivity index (χ1v) is 17.7. The summed E-state index contributed by atoms with van der Waals surface area (Å²) in [7, 11) is -3.80. The number of anilines is 1. The van der Waals surface area contributed by atoms with Crippen LogP contribution in [0, 0.1) is 20.8 Å². The molecule has 6 rings (SSSR count). The molecular weight excluding hydrogens is 613 g/mol. The average molecular weight is 657 g/mol. The van der Waals surface area contributed by atoms with Gasteiger partial charge in [0.05, 0.1) is 10.3 Å². The normalized spacial score (nSPS) is 16.5. The fourth-order valence-corrected chi connectivity index (χ4v) is 8.89. The number of nitrogens with one attached hydrogen (secondary N) is 2. The number of carbonyl (C=O) groups is 1. The summed E-state index contributed by atoms with van der Waals surface area (Å²) in [4.78, 5) is 38.9. The molecule has 1 saturated carbocycles. The van der Waals surface area contributed by atoms with Crippen molar-refractivity contribution < 1.29 is 13.2 Å². The number of nitrogens with zero attached hydrogens (tertiary/aromatic N) is 4. The largest absolute Gasteiger partial charge is 0.354 e. The number of aryl methyl sites for hydroxylation is 3. The number of allylic oxidation sites excluding steroid dienone is 1. The van der Waals surface area contributed by atoms with Crippen LogP contribution in [0.4, 0.5) is 5.82 Å². The van der Waals surface area contributed by atoms with Crippen LogP contribution in [-0.4, -0.2) is 70.1 Å². The van der Waals surface area contributed by atoms with E-state index in [2.05, 4.69) is 40.5 Å². The Labute approximate surface area is 276 Å². The quantitative estimate of drug-likeness (QED) is 0.229. The molecule has 0 bridgehead atoms. The van der Waals surface area contributed by atoms with E-state index >= 15 is 0 Å². The Hall–Kier alpha value is -4.22. The highest BCUT2D eigenvalue weighted by atomic mass is 32.2. The highest BCUT2D eigenvalue weighted by Gasteiger charge is 2.54. The molecule has 3 aromatic heterocycles. The Morgan fingerprint density at radius 1 is 1.06 bits per heavy atom. The topological polar surface area (TPSA) is 120 Å². The summed E-state index contributed by atoms with van der Waals surface area (Å²) in [5, 5.41) is 3.49. The number of carbonyl (C=O) groups excluding carboxylic acids is 1. The SMILES string of the molecule is C=CCC1(S(=O)(=O)n2cc(C)c3c(C(=O)NCc4c(C)cc(C)[nH]c4=O)cc(-c4ccc(N5CCN(C(C)C)CC5)nc4)cc32)CC1. The first-order valence-electron chi connectivity index (χ1n) is 16.3. The first kappa shape index (κ1) is 32.7. The summed E-state index contributed by atoms with van der Waals surface area (Å²) in [6.07, 6.45) is 6.57. The molecule has 4 heterocycles. The van der Waals surface area contributed by atoms with Gasteiger partial charge in [-0.2, -0.15) is 0 Å². The van der Waals surface area contributed by atoms with E-state index in [0.29, 0.717) is 58.5 Å². The second-order valence-electron chi connectivity index (χ2n) is 13.4. The Bertz CT molecular complexity index is 2010. The minimum atomic E-state index is -3.80. The molecule has 4 aromatic rings. The number of amides is 1. The maximum absolute atomic E-state index is 14.1. The highest BCUT2D eigenvalue weighted by Crippen LogP contribution is 2.49. The van der Waals surface area contributed by atoms with Gasteiger partial charge >= 0.3 is 0 Å². The summed E-state index contributed by atoms with van der Waals surface area (Å²) >= 11 is 0. The average Bonchev–Trinajstić information content (AvgIpc) is 3.76. The molecule has 2 aliphatic rings. The van der Waals surface area contributed by atoms with Crippen molar-refractivity contribution in [3.8, 4) is 11.1 Å². The standard InChI is InChI=1S/C36H44N6O4S/c1-7-10-36(11-12-36)47(45,46)42-22-25(5)33-29(34(43)38-21-30-24(4)17-26(6)39-35(30)44)18-28(19-31(33)42)27-8-9-32(37-20-27)41-15-13-40(14-16-41)23(2)3/h7-9,17-20,22-23H,1,10-16,21H2,2-6H3,(H,38,43)(H,39,44). The molecule has 1 amide bonds. The molecule has 0 radical (unpaired) electrons. The van der Waals surface area contributed by atoms with Gasteiger partial charge in [0.1, 0.15) is 5.82 Å². The molecule has 1 aromatic carbocycles. The molecule has 1 saturated heterocycles. The van der Waals surface area contributed by atoms with Crippen LogP contribution < -0.4 is 15.8 Å². The van der Waals surface area contributed by atoms with Crippen molar-refractivity contribution in [2.75, 3.05) is 31.1 Å². The zero-order valence-corrected chi connectivity index (χ0v) is 28.7. The summed E-state index contributed by atoms with van der Waals surface area (Å²) in [5.74, 6) is 0.492.